The van der Waals surface area contributed by atoms with Crippen molar-refractivity contribution in [2.45, 2.75) is 144 Å². The molecule has 18 heteroatoms. The molecule has 0 aromatic heterocycles. The van der Waals surface area contributed by atoms with Crippen molar-refractivity contribution in [3.63, 3.8) is 0 Å². The second-order valence-corrected chi connectivity index (χ2v) is 19.8. The summed E-state index contributed by atoms with van der Waals surface area (Å²) in [6.45, 7) is 14.2. The summed E-state index contributed by atoms with van der Waals surface area (Å²) in [6.07, 6.45) is -0.973. The fraction of sp³-hybridized carbons (Fsp3) is 0.652. The number of rotatable bonds is 19. The first-order valence-electron chi connectivity index (χ1n) is 21.8. The molecule has 350 valence electrons. The molecular weight excluding hydrogens is 833 g/mol. The highest BCUT2D eigenvalue weighted by Gasteiger charge is 2.66. The van der Waals surface area contributed by atoms with Gasteiger partial charge in [-0.3, -0.25) is 48.5 Å². The van der Waals surface area contributed by atoms with Gasteiger partial charge in [0.25, 0.3) is 0 Å². The average molecular weight is 895 g/mol. The van der Waals surface area contributed by atoms with Crippen molar-refractivity contribution in [1.29, 1.82) is 0 Å². The van der Waals surface area contributed by atoms with E-state index < -0.39 is 124 Å². The number of allylic oxidation sites excluding steroid dienone is 6. The lowest BCUT2D eigenvalue weighted by molar-refractivity contribution is -0.143. The van der Waals surface area contributed by atoms with E-state index in [0.29, 0.717) is 45.4 Å². The minimum Gasteiger partial charge on any atom is -0.481 e. The van der Waals surface area contributed by atoms with Crippen LogP contribution in [-0.2, 0) is 33.6 Å². The third-order valence-corrected chi connectivity index (χ3v) is 15.6. The zero-order chi connectivity index (χ0) is 48.1. The van der Waals surface area contributed by atoms with Gasteiger partial charge < -0.3 is 41.1 Å². The van der Waals surface area contributed by atoms with Crippen LogP contribution in [0, 0.1) is 45.3 Å². The van der Waals surface area contributed by atoms with Gasteiger partial charge >= 0.3 is 41.8 Å². The fourth-order valence-corrected chi connectivity index (χ4v) is 11.9. The SMILES string of the molecule is C/C1=C2N=C(/C=C3\N/C(=C(/C)C4=N[C@@](C)(C5N=C1[C@](C)(CCC(=O)O)[C@H]5CC(=O)O)[C@@](C)(CC(=O)O)[C@@H]4CCC(=O)O)[C@@](C)(CCC(=O)O)[C@@H]3CCC(=O)O)C(C)(C)[C@@H]/2CCC(=O)O. The van der Waals surface area contributed by atoms with E-state index in [1.807, 2.05) is 20.8 Å². The van der Waals surface area contributed by atoms with Crippen molar-refractivity contribution in [2.24, 2.45) is 60.3 Å². The average Bonchev–Trinajstić information content (AvgIpc) is 3.78. The number of carboxylic acid groups (broad SMARTS) is 7. The van der Waals surface area contributed by atoms with E-state index in [4.69, 9.17) is 15.0 Å². The van der Waals surface area contributed by atoms with Crippen LogP contribution in [0.2, 0.25) is 0 Å². The molecule has 0 aliphatic carbocycles. The number of carbonyl (C=O) groups is 7. The predicted octanol–water partition coefficient (Wildman–Crippen LogP) is 6.31. The molecule has 8 N–H and O–H groups in total. The Balaban J connectivity index is 2.03. The highest BCUT2D eigenvalue weighted by molar-refractivity contribution is 6.10. The maximum absolute atomic E-state index is 13.1. The number of aliphatic carboxylic acids is 7. The Hall–Kier alpha value is -5.68. The lowest BCUT2D eigenvalue weighted by Crippen LogP contribution is -2.55. The predicted molar refractivity (Wildman–Crippen MR) is 232 cm³/mol. The fourth-order valence-electron chi connectivity index (χ4n) is 11.9. The van der Waals surface area contributed by atoms with E-state index in [1.54, 1.807) is 40.7 Å². The van der Waals surface area contributed by atoms with Crippen LogP contribution in [0.5, 0.6) is 0 Å². The van der Waals surface area contributed by atoms with Crippen molar-refractivity contribution in [3.05, 3.63) is 34.3 Å². The molecule has 5 rings (SSSR count). The van der Waals surface area contributed by atoms with Crippen LogP contribution in [-0.4, -0.2) is 106 Å². The standard InChI is InChI=1S/C46H62N4O14/c1-22-37-25(10-13-31(53)54)42(3,4)29(48-37)20-28-24(9-12-30(51)52)43(5,17-15-33(57)58)39(47-28)23(2)38-26(11-14-32(55)56)45(7,21-36(63)64)46(8,50-38)41-27(19-35(61)62)44(6,40(22)49-41)18-16-34(59)60/h20,24-27,41,47H,9-19,21H2,1-8H3,(H,51,52)(H,53,54)(H,55,56)(H,57,58)(H,59,60)(H,61,62)(H,63,64)/b28-20-,37-22-,39-23-/t24-,25-,26-,27+,41?,43+,44-,45+,46+/m1/s1. The van der Waals surface area contributed by atoms with Gasteiger partial charge in [-0.05, 0) is 70.1 Å². The van der Waals surface area contributed by atoms with E-state index in [2.05, 4.69) is 5.32 Å². The summed E-state index contributed by atoms with van der Waals surface area (Å²) in [5, 5.41) is 74.9. The zero-order valence-electron chi connectivity index (χ0n) is 37.8. The third-order valence-electron chi connectivity index (χ3n) is 15.6. The maximum atomic E-state index is 13.1. The molecule has 0 aromatic carbocycles. The van der Waals surface area contributed by atoms with E-state index >= 15 is 0 Å². The second-order valence-electron chi connectivity index (χ2n) is 19.8. The Morgan fingerprint density at radius 1 is 0.625 bits per heavy atom. The Morgan fingerprint density at radius 2 is 1.12 bits per heavy atom. The van der Waals surface area contributed by atoms with Gasteiger partial charge in [0.05, 0.1) is 24.4 Å². The third kappa shape index (κ3) is 8.75. The summed E-state index contributed by atoms with van der Waals surface area (Å²) < 4.78 is 0. The second kappa shape index (κ2) is 17.7. The molecule has 64 heavy (non-hydrogen) atoms. The van der Waals surface area contributed by atoms with Crippen molar-refractivity contribution < 1.29 is 69.3 Å². The summed E-state index contributed by atoms with van der Waals surface area (Å²) in [5.74, 6) is -11.2. The topological polar surface area (TPSA) is 310 Å². The van der Waals surface area contributed by atoms with Crippen molar-refractivity contribution in [3.8, 4) is 0 Å². The van der Waals surface area contributed by atoms with E-state index in [-0.39, 0.29) is 51.4 Å². The smallest absolute Gasteiger partial charge is 0.304 e. The minimum absolute atomic E-state index is 0.0145. The lowest BCUT2D eigenvalue weighted by atomic mass is 9.55. The molecule has 1 fully saturated rings. The Bertz CT molecular complexity index is 2230. The number of nitrogens with one attached hydrogen (secondary N) is 1. The molecule has 5 aliphatic heterocycles. The molecule has 1 saturated heterocycles. The number of fused-ring (bicyclic) bond motifs is 6. The first kappa shape index (κ1) is 49.3. The Kier molecular flexibility index (Phi) is 13.7. The van der Waals surface area contributed by atoms with Gasteiger partial charge in [-0.1, -0.05) is 34.6 Å². The van der Waals surface area contributed by atoms with Gasteiger partial charge in [0.2, 0.25) is 0 Å². The molecule has 5 heterocycles. The summed E-state index contributed by atoms with van der Waals surface area (Å²) in [4.78, 5) is 103. The normalized spacial score (nSPS) is 35.8. The molecule has 0 spiro atoms. The first-order chi connectivity index (χ1) is 29.5. The van der Waals surface area contributed by atoms with Crippen LogP contribution >= 0.6 is 0 Å². The lowest BCUT2D eigenvalue weighted by Gasteiger charge is -2.48. The van der Waals surface area contributed by atoms with Crippen molar-refractivity contribution in [2.75, 3.05) is 0 Å². The first-order valence-corrected chi connectivity index (χ1v) is 21.8. The summed E-state index contributed by atoms with van der Waals surface area (Å²) in [5.41, 5.74) is -2.88. The van der Waals surface area contributed by atoms with Crippen LogP contribution in [0.25, 0.3) is 0 Å². The van der Waals surface area contributed by atoms with E-state index in [1.165, 1.54) is 0 Å². The summed E-state index contributed by atoms with van der Waals surface area (Å²) in [7, 11) is 0. The summed E-state index contributed by atoms with van der Waals surface area (Å²) in [6, 6.07) is -1.13. The summed E-state index contributed by atoms with van der Waals surface area (Å²) >= 11 is 0. The maximum Gasteiger partial charge on any atom is 0.304 e. The molecule has 5 aliphatic rings. The van der Waals surface area contributed by atoms with Gasteiger partial charge in [-0.15, -0.1) is 0 Å². The van der Waals surface area contributed by atoms with Gasteiger partial charge in [-0.2, -0.15) is 0 Å². The van der Waals surface area contributed by atoms with Gasteiger partial charge in [0.1, 0.15) is 0 Å². The Labute approximate surface area is 371 Å². The monoisotopic (exact) mass is 894 g/mol. The minimum atomic E-state index is -1.60. The molecule has 0 saturated carbocycles. The van der Waals surface area contributed by atoms with Gasteiger partial charge in [0, 0.05) is 112 Å². The number of aliphatic imine (C=N–C) groups is 3. The molecule has 9 atom stereocenters. The van der Waals surface area contributed by atoms with E-state index in [0.717, 1.165) is 0 Å². The van der Waals surface area contributed by atoms with Crippen LogP contribution in [0.1, 0.15) is 132 Å². The number of hydrogen-bond acceptors (Lipinski definition) is 11. The Morgan fingerprint density at radius 3 is 1.62 bits per heavy atom. The van der Waals surface area contributed by atoms with Crippen LogP contribution in [0.4, 0.5) is 0 Å². The molecule has 0 aromatic rings. The molecular formula is C46H62N4O14. The molecule has 18 nitrogen and oxygen atoms in total. The molecule has 0 radical (unpaired) electrons. The largest absolute Gasteiger partial charge is 0.481 e. The molecule has 0 amide bonds. The van der Waals surface area contributed by atoms with Crippen molar-refractivity contribution in [1.82, 2.24) is 5.32 Å². The quantitative estimate of drug-likeness (QED) is 0.0704. The number of hydrogen-bond donors (Lipinski definition) is 8. The van der Waals surface area contributed by atoms with E-state index in [9.17, 15) is 69.3 Å². The molecule has 8 bridgehead atoms. The zero-order valence-corrected chi connectivity index (χ0v) is 37.8. The highest BCUT2D eigenvalue weighted by Crippen LogP contribution is 2.62. The highest BCUT2D eigenvalue weighted by atomic mass is 16.4. The van der Waals surface area contributed by atoms with Gasteiger partial charge in [-0.25, -0.2) is 0 Å². The van der Waals surface area contributed by atoms with Crippen LogP contribution in [0.3, 0.4) is 0 Å². The van der Waals surface area contributed by atoms with Gasteiger partial charge in [0.15, 0.2) is 0 Å². The number of nitrogens with zero attached hydrogens (tertiary/aromatic N) is 3. The van der Waals surface area contributed by atoms with Crippen LogP contribution in [0.15, 0.2) is 49.3 Å². The number of carboxylic acids is 7. The van der Waals surface area contributed by atoms with Crippen LogP contribution < -0.4 is 5.32 Å². The van der Waals surface area contributed by atoms with Crippen molar-refractivity contribution >= 4 is 58.9 Å². The molecule has 1 unspecified atom stereocenters.